The Morgan fingerprint density at radius 2 is 2.14 bits per heavy atom. The molecule has 1 aromatic rings. The summed E-state index contributed by atoms with van der Waals surface area (Å²) < 4.78 is 0. The number of amides is 1. The van der Waals surface area contributed by atoms with Crippen molar-refractivity contribution < 1.29 is 4.79 Å². The second-order valence-electron chi connectivity index (χ2n) is 5.06. The van der Waals surface area contributed by atoms with Gasteiger partial charge in [0.2, 0.25) is 5.91 Å². The second-order valence-corrected chi connectivity index (χ2v) is 6.00. The third kappa shape index (κ3) is 7.74. The van der Waals surface area contributed by atoms with Gasteiger partial charge in [-0.05, 0) is 19.4 Å². The summed E-state index contributed by atoms with van der Waals surface area (Å²) in [7, 11) is 0. The molecule has 0 bridgehead atoms. The molecule has 0 aliphatic carbocycles. The van der Waals surface area contributed by atoms with Gasteiger partial charge in [-0.25, -0.2) is 4.98 Å². The molecule has 22 heavy (non-hydrogen) atoms. The molecule has 0 saturated carbocycles. The maximum absolute atomic E-state index is 11.8. The average Bonchev–Trinajstić information content (AvgIpc) is 2.92. The van der Waals surface area contributed by atoms with Crippen molar-refractivity contribution in [2.24, 2.45) is 0 Å². The number of halogens is 2. The van der Waals surface area contributed by atoms with E-state index in [2.05, 4.69) is 27.4 Å². The number of carbonyl (C=O) groups excluding carboxylic acids is 1. The summed E-state index contributed by atoms with van der Waals surface area (Å²) in [5.41, 5.74) is 0.895. The van der Waals surface area contributed by atoms with Crippen LogP contribution in [0.15, 0.2) is 5.38 Å². The molecule has 1 saturated heterocycles. The topological polar surface area (TPSA) is 57.3 Å². The largest absolute Gasteiger partial charge is 0.356 e. The van der Waals surface area contributed by atoms with Gasteiger partial charge in [-0.15, -0.1) is 36.2 Å². The van der Waals surface area contributed by atoms with Crippen molar-refractivity contribution in [2.75, 3.05) is 39.3 Å². The van der Waals surface area contributed by atoms with Gasteiger partial charge in [0, 0.05) is 38.1 Å². The number of piperazine rings is 1. The highest BCUT2D eigenvalue weighted by Crippen LogP contribution is 2.10. The van der Waals surface area contributed by atoms with Crippen LogP contribution in [0.3, 0.4) is 0 Å². The number of nitrogens with zero attached hydrogens (tertiary/aromatic N) is 2. The molecule has 0 spiro atoms. The fourth-order valence-corrected chi connectivity index (χ4v) is 3.03. The van der Waals surface area contributed by atoms with Crippen LogP contribution >= 0.6 is 36.2 Å². The lowest BCUT2D eigenvalue weighted by Gasteiger charge is -2.27. The van der Waals surface area contributed by atoms with Gasteiger partial charge in [-0.3, -0.25) is 4.79 Å². The number of carbonyl (C=O) groups is 1. The molecule has 1 fully saturated rings. The monoisotopic (exact) mass is 368 g/mol. The van der Waals surface area contributed by atoms with Gasteiger partial charge in [0.05, 0.1) is 17.1 Å². The quantitative estimate of drug-likeness (QED) is 0.716. The Morgan fingerprint density at radius 3 is 2.77 bits per heavy atom. The van der Waals surface area contributed by atoms with Gasteiger partial charge < -0.3 is 15.5 Å². The summed E-state index contributed by atoms with van der Waals surface area (Å²) >= 11 is 1.63. The van der Waals surface area contributed by atoms with Crippen molar-refractivity contribution in [3.05, 3.63) is 16.1 Å². The highest BCUT2D eigenvalue weighted by atomic mass is 35.5. The Morgan fingerprint density at radius 1 is 1.41 bits per heavy atom. The van der Waals surface area contributed by atoms with Crippen molar-refractivity contribution in [1.29, 1.82) is 0 Å². The lowest BCUT2D eigenvalue weighted by Crippen LogP contribution is -2.44. The van der Waals surface area contributed by atoms with E-state index in [1.54, 1.807) is 11.3 Å². The molecule has 2 rings (SSSR count). The molecule has 0 aromatic carbocycles. The van der Waals surface area contributed by atoms with Crippen LogP contribution in [-0.2, 0) is 17.6 Å². The molecule has 8 heteroatoms. The Bertz CT molecular complexity index is 425. The van der Waals surface area contributed by atoms with Crippen molar-refractivity contribution in [2.45, 2.75) is 26.2 Å². The lowest BCUT2D eigenvalue weighted by atomic mass is 10.3. The molecule has 5 nitrogen and oxygen atoms in total. The Hall–Kier alpha value is -0.400. The second kappa shape index (κ2) is 12.1. The number of thiazole rings is 1. The van der Waals surface area contributed by atoms with E-state index in [0.717, 1.165) is 62.8 Å². The molecule has 1 amide bonds. The highest BCUT2D eigenvalue weighted by Gasteiger charge is 2.09. The van der Waals surface area contributed by atoms with Gasteiger partial charge in [0.15, 0.2) is 0 Å². The normalized spacial score (nSPS) is 14.8. The molecule has 2 N–H and O–H groups in total. The molecular formula is C14H26Cl2N4OS. The summed E-state index contributed by atoms with van der Waals surface area (Å²) in [4.78, 5) is 18.6. The summed E-state index contributed by atoms with van der Waals surface area (Å²) in [6.45, 7) is 8.30. The van der Waals surface area contributed by atoms with E-state index in [9.17, 15) is 4.79 Å². The van der Waals surface area contributed by atoms with Crippen LogP contribution in [-0.4, -0.2) is 55.1 Å². The SMILES string of the molecule is CCc1nc(CC(=O)NCCCN2CCNCC2)cs1.Cl.Cl. The number of aromatic nitrogens is 1. The van der Waals surface area contributed by atoms with Crippen LogP contribution in [0, 0.1) is 0 Å². The third-order valence-electron chi connectivity index (χ3n) is 3.43. The molecule has 0 atom stereocenters. The average molecular weight is 369 g/mol. The summed E-state index contributed by atoms with van der Waals surface area (Å²) in [6, 6.07) is 0. The van der Waals surface area contributed by atoms with Crippen molar-refractivity contribution in [3.8, 4) is 0 Å². The van der Waals surface area contributed by atoms with Crippen molar-refractivity contribution >= 4 is 42.1 Å². The van der Waals surface area contributed by atoms with Crippen LogP contribution in [0.1, 0.15) is 24.0 Å². The molecular weight excluding hydrogens is 343 g/mol. The molecule has 1 aliphatic rings. The zero-order valence-corrected chi connectivity index (χ0v) is 15.4. The molecule has 0 radical (unpaired) electrons. The van der Waals surface area contributed by atoms with Crippen LogP contribution < -0.4 is 10.6 Å². The van der Waals surface area contributed by atoms with Crippen LogP contribution in [0.4, 0.5) is 0 Å². The standard InChI is InChI=1S/C14H24N4OS.2ClH/c1-2-14-17-12(11-20-14)10-13(19)16-4-3-7-18-8-5-15-6-9-18;;/h11,15H,2-10H2,1H3,(H,16,19);2*1H. The fraction of sp³-hybridized carbons (Fsp3) is 0.714. The van der Waals surface area contributed by atoms with E-state index in [1.807, 2.05) is 5.38 Å². The van der Waals surface area contributed by atoms with E-state index < -0.39 is 0 Å². The third-order valence-corrected chi connectivity index (χ3v) is 4.47. The maximum Gasteiger partial charge on any atom is 0.226 e. The van der Waals surface area contributed by atoms with Crippen LogP contribution in [0.5, 0.6) is 0 Å². The Balaban J connectivity index is 0.00000220. The van der Waals surface area contributed by atoms with Crippen LogP contribution in [0.25, 0.3) is 0 Å². The van der Waals surface area contributed by atoms with Gasteiger partial charge in [0.1, 0.15) is 0 Å². The molecule has 1 aliphatic heterocycles. The van der Waals surface area contributed by atoms with Gasteiger partial charge in [-0.2, -0.15) is 0 Å². The Kier molecular flexibility index (Phi) is 11.9. The van der Waals surface area contributed by atoms with E-state index in [-0.39, 0.29) is 30.7 Å². The first-order chi connectivity index (χ1) is 9.78. The van der Waals surface area contributed by atoms with E-state index >= 15 is 0 Å². The lowest BCUT2D eigenvalue weighted by molar-refractivity contribution is -0.120. The van der Waals surface area contributed by atoms with Crippen molar-refractivity contribution in [1.82, 2.24) is 20.5 Å². The fourth-order valence-electron chi connectivity index (χ4n) is 2.28. The number of hydrogen-bond acceptors (Lipinski definition) is 5. The summed E-state index contributed by atoms with van der Waals surface area (Å²) in [5, 5.41) is 9.41. The van der Waals surface area contributed by atoms with Crippen molar-refractivity contribution in [3.63, 3.8) is 0 Å². The predicted octanol–water partition coefficient (Wildman–Crippen LogP) is 1.50. The molecule has 1 aromatic heterocycles. The van der Waals surface area contributed by atoms with E-state index in [4.69, 9.17) is 0 Å². The highest BCUT2D eigenvalue weighted by molar-refractivity contribution is 7.09. The van der Waals surface area contributed by atoms with E-state index in [1.165, 1.54) is 0 Å². The zero-order chi connectivity index (χ0) is 14.2. The minimum absolute atomic E-state index is 0. The van der Waals surface area contributed by atoms with Crippen LogP contribution in [0.2, 0.25) is 0 Å². The number of rotatable bonds is 7. The predicted molar refractivity (Wildman–Crippen MR) is 96.6 cm³/mol. The minimum Gasteiger partial charge on any atom is -0.356 e. The zero-order valence-electron chi connectivity index (χ0n) is 13.0. The Labute approximate surface area is 149 Å². The summed E-state index contributed by atoms with van der Waals surface area (Å²) in [6.07, 6.45) is 2.37. The van der Waals surface area contributed by atoms with Gasteiger partial charge >= 0.3 is 0 Å². The van der Waals surface area contributed by atoms with E-state index in [0.29, 0.717) is 6.42 Å². The number of aryl methyl sites for hydroxylation is 1. The molecule has 128 valence electrons. The maximum atomic E-state index is 11.8. The molecule has 2 heterocycles. The molecule has 0 unspecified atom stereocenters. The number of hydrogen-bond donors (Lipinski definition) is 2. The minimum atomic E-state index is 0. The van der Waals surface area contributed by atoms with Gasteiger partial charge in [0.25, 0.3) is 0 Å². The first-order valence-corrected chi connectivity index (χ1v) is 8.29. The first-order valence-electron chi connectivity index (χ1n) is 7.41. The van der Waals surface area contributed by atoms with Gasteiger partial charge in [-0.1, -0.05) is 6.92 Å². The summed E-state index contributed by atoms with van der Waals surface area (Å²) in [5.74, 6) is 0.0817. The number of nitrogens with one attached hydrogen (secondary N) is 2. The smallest absolute Gasteiger partial charge is 0.226 e. The first kappa shape index (κ1) is 21.6.